The first-order valence-electron chi connectivity index (χ1n) is 0. The maximum atomic E-state index is 0. The molecule has 0 aliphatic carbocycles. The van der Waals surface area contributed by atoms with E-state index in [0.717, 1.165) is 0 Å². The monoisotopic (exact) mass is 95.9 g/mol. The van der Waals surface area contributed by atoms with Crippen LogP contribution in [0.4, 0.5) is 0 Å². The normalized spacial score (nSPS) is 0. The molecule has 0 aliphatic heterocycles. The van der Waals surface area contributed by atoms with Crippen molar-refractivity contribution in [2.75, 3.05) is 0 Å². The van der Waals surface area contributed by atoms with Crippen molar-refractivity contribution in [3.63, 3.8) is 0 Å². The fourth-order valence-corrected chi connectivity index (χ4v) is 0. The Morgan fingerprint density at radius 1 is 1.00 bits per heavy atom. The molecule has 0 fully saturated rings. The molecule has 0 aromatic rings. The molecule has 0 aromatic heterocycles. The first-order chi connectivity index (χ1) is 0. The van der Waals surface area contributed by atoms with E-state index in [0.29, 0.717) is 0 Å². The van der Waals surface area contributed by atoms with Crippen LogP contribution in [-0.4, -0.2) is 51.4 Å². The average molecular weight is 96.1 g/mol. The second-order valence-corrected chi connectivity index (χ2v) is 0. The Morgan fingerprint density at radius 2 is 1.00 bits per heavy atom. The topological polar surface area (TPSA) is 30.5 Å². The first kappa shape index (κ1) is 37.1. The van der Waals surface area contributed by atoms with Crippen LogP contribution in [0.15, 0.2) is 0 Å². The van der Waals surface area contributed by atoms with E-state index < -0.39 is 0 Å². The van der Waals surface area contributed by atoms with E-state index in [-0.39, 0.29) is 74.9 Å². The van der Waals surface area contributed by atoms with Crippen molar-refractivity contribution in [3.8, 4) is 0 Å². The summed E-state index contributed by atoms with van der Waals surface area (Å²) in [6, 6.07) is 0. The van der Waals surface area contributed by atoms with Gasteiger partial charge in [0.15, 0.2) is 0 Å². The Morgan fingerprint density at radius 3 is 1.00 bits per heavy atom. The summed E-state index contributed by atoms with van der Waals surface area (Å²) >= 11 is 0. The van der Waals surface area contributed by atoms with Crippen molar-refractivity contribution in [1.29, 1.82) is 0 Å². The van der Waals surface area contributed by atoms with Crippen LogP contribution < -0.4 is 6.15 Å². The van der Waals surface area contributed by atoms with Crippen LogP contribution in [0.2, 0.25) is 0 Å². The van der Waals surface area contributed by atoms with Gasteiger partial charge in [-0.15, -0.1) is 0 Å². The van der Waals surface area contributed by atoms with Crippen LogP contribution in [0.5, 0.6) is 0 Å². The van der Waals surface area contributed by atoms with Gasteiger partial charge < -0.3 is 0 Å². The first-order valence-corrected chi connectivity index (χ1v) is 0. The third-order valence-corrected chi connectivity index (χ3v) is 0. The zero-order valence-electron chi connectivity index (χ0n) is 2.39. The van der Waals surface area contributed by atoms with Gasteiger partial charge in [-0.2, -0.15) is 0 Å². The summed E-state index contributed by atoms with van der Waals surface area (Å²) in [7, 11) is 0. The van der Waals surface area contributed by atoms with Gasteiger partial charge in [0.05, 0.1) is 0 Å². The predicted molar refractivity (Wildman–Crippen MR) is 18.1 cm³/mol. The summed E-state index contributed by atoms with van der Waals surface area (Å²) in [5.41, 5.74) is 0. The number of rotatable bonds is 0. The van der Waals surface area contributed by atoms with Crippen LogP contribution in [0, 0.1) is 7.43 Å². The van der Waals surface area contributed by atoms with E-state index in [2.05, 4.69) is 0 Å². The molecule has 0 aromatic carbocycles. The van der Waals surface area contributed by atoms with Gasteiger partial charge in [0.25, 0.3) is 0 Å². The number of nitrogens with zero attached hydrogens (tertiary/aromatic N) is 1. The van der Waals surface area contributed by atoms with Gasteiger partial charge in [-0.1, -0.05) is 0 Å². The molecule has 0 atom stereocenters. The molecule has 0 amide bonds. The molecule has 4 heavy (non-hydrogen) atoms. The summed E-state index contributed by atoms with van der Waals surface area (Å²) < 4.78 is 0. The fourth-order valence-electron chi connectivity index (χ4n) is 0. The Balaban J connectivity index is 0. The van der Waals surface area contributed by atoms with Crippen molar-refractivity contribution in [3.05, 3.63) is 7.43 Å². The quantitative estimate of drug-likeness (QED) is 0.302. The van der Waals surface area contributed by atoms with E-state index in [1.807, 2.05) is 0 Å². The third kappa shape index (κ3) is 8.98. The van der Waals surface area contributed by atoms with Gasteiger partial charge in [-0.25, -0.2) is 0 Å². The largest absolute Gasteiger partial charge is 0 e. The van der Waals surface area contributed by atoms with E-state index >= 15 is 0 Å². The maximum absolute atomic E-state index is 0. The van der Waals surface area contributed by atoms with Crippen LogP contribution in [-0.2, 0) is 0 Å². The zero-order valence-corrected chi connectivity index (χ0v) is 6.41. The smallest absolute Gasteiger partial charge is 0 e. The third-order valence-electron chi connectivity index (χ3n) is 0. The molecular weight excluding hydrogens is 96.1 g/mol. The summed E-state index contributed by atoms with van der Waals surface area (Å²) in [6.07, 6.45) is 0. The van der Waals surface area contributed by atoms with Crippen LogP contribution >= 0.6 is 9.90 Å². The molecule has 0 bridgehead atoms. The average Bonchev–Trinajstić information content (AvgIpc) is 0. The van der Waals surface area contributed by atoms with Crippen molar-refractivity contribution in [2.45, 2.75) is 0 Å². The molecule has 15 valence electrons. The molecule has 0 heterocycles. The van der Waals surface area contributed by atoms with Crippen molar-refractivity contribution in [1.82, 2.24) is 6.15 Å². The standard InChI is InChI=1S/C.K.N.P. The van der Waals surface area contributed by atoms with E-state index in [9.17, 15) is 0 Å². The van der Waals surface area contributed by atoms with E-state index in [1.165, 1.54) is 0 Å². The molecule has 0 rings (SSSR count). The van der Waals surface area contributed by atoms with Crippen molar-refractivity contribution in [2.24, 2.45) is 0 Å². The van der Waals surface area contributed by atoms with Crippen LogP contribution in [0.1, 0.15) is 0 Å². The number of hydrogen-bond donors (Lipinski definition) is 0. The van der Waals surface area contributed by atoms with Gasteiger partial charge in [-0.05, 0) is 0 Å². The summed E-state index contributed by atoms with van der Waals surface area (Å²) in [5, 5.41) is 0. The Kier molecular flexibility index (Phi) is 184. The van der Waals surface area contributed by atoms with Gasteiger partial charge in [0.2, 0.25) is 0 Å². The minimum atomic E-state index is 0. The van der Waals surface area contributed by atoms with Gasteiger partial charge in [0, 0.05) is 74.9 Å². The Hall–Kier alpha value is 2.03. The minimum Gasteiger partial charge on any atom is 0 e. The van der Waals surface area contributed by atoms with E-state index in [4.69, 9.17) is 0 Å². The molecule has 0 spiro atoms. The van der Waals surface area contributed by atoms with Gasteiger partial charge >= 0.3 is 0 Å². The molecule has 0 unspecified atom stereocenters. The maximum Gasteiger partial charge on any atom is 0 e. The summed E-state index contributed by atoms with van der Waals surface area (Å²) in [5.74, 6) is 0. The van der Waals surface area contributed by atoms with Gasteiger partial charge in [0.1, 0.15) is 0 Å². The van der Waals surface area contributed by atoms with Crippen molar-refractivity contribution >= 4 is 61.3 Å². The SMILES string of the molecule is [C].[K].[N].[P]. The molecule has 1 nitrogen and oxygen atoms in total. The molecular formula is CKNP. The Labute approximate surface area is 73.5 Å². The minimum absolute atomic E-state index is 0. The predicted octanol–water partition coefficient (Wildman–Crippen LogP) is 0.0811. The van der Waals surface area contributed by atoms with Crippen LogP contribution in [0.25, 0.3) is 0 Å². The molecule has 3 heteroatoms. The van der Waals surface area contributed by atoms with Gasteiger partial charge in [-0.3, -0.25) is 0 Å². The molecule has 0 saturated heterocycles. The molecule has 0 N–H and O–H groups in total. The van der Waals surface area contributed by atoms with Crippen LogP contribution in [0.3, 0.4) is 0 Å². The fraction of sp³-hybridized carbons (Fsp3) is 0. The Bertz CT molecular complexity index is 8.00. The molecule has 0 saturated carbocycles. The molecule has 11 radical (unpaired) electrons. The summed E-state index contributed by atoms with van der Waals surface area (Å²) in [4.78, 5) is 0. The number of hydrogen-bond acceptors (Lipinski definition) is 0. The van der Waals surface area contributed by atoms with Crippen molar-refractivity contribution < 1.29 is 0 Å². The zero-order chi connectivity index (χ0) is 0. The second-order valence-electron chi connectivity index (χ2n) is 0. The molecule has 0 aliphatic rings. The van der Waals surface area contributed by atoms with E-state index in [1.54, 1.807) is 0 Å². The summed E-state index contributed by atoms with van der Waals surface area (Å²) in [6.45, 7) is 0. The second kappa shape index (κ2) is 19.8.